The molecule has 2 atom stereocenters. The van der Waals surface area contributed by atoms with Crippen LogP contribution in [0.2, 0.25) is 0 Å². The summed E-state index contributed by atoms with van der Waals surface area (Å²) in [5.74, 6) is -0.664. The van der Waals surface area contributed by atoms with Crippen LogP contribution in [-0.2, 0) is 20.8 Å². The van der Waals surface area contributed by atoms with Gasteiger partial charge in [0.1, 0.15) is 18.2 Å². The fraction of sp³-hybridized carbons (Fsp3) is 0.464. The Bertz CT molecular complexity index is 1120. The average Bonchev–Trinajstić information content (AvgIpc) is 3.39. The average molecular weight is 492 g/mol. The number of imide groups is 1. The molecule has 5 rings (SSSR count). The van der Waals surface area contributed by atoms with Crippen LogP contribution in [0, 0.1) is 11.3 Å². The minimum Gasteiger partial charge on any atom is -0.446 e. The quantitative estimate of drug-likeness (QED) is 0.642. The van der Waals surface area contributed by atoms with Crippen molar-refractivity contribution in [3.05, 3.63) is 71.8 Å². The molecule has 36 heavy (non-hydrogen) atoms. The van der Waals surface area contributed by atoms with Crippen LogP contribution in [0.1, 0.15) is 37.9 Å². The monoisotopic (exact) mass is 491 g/mol. The van der Waals surface area contributed by atoms with E-state index in [-0.39, 0.29) is 18.6 Å². The summed E-state index contributed by atoms with van der Waals surface area (Å²) < 4.78 is 10.9. The maximum atomic E-state index is 14.0. The fourth-order valence-corrected chi connectivity index (χ4v) is 5.62. The zero-order chi connectivity index (χ0) is 25.5. The lowest BCUT2D eigenvalue weighted by Gasteiger charge is -2.50. The summed E-state index contributed by atoms with van der Waals surface area (Å²) in [5, 5.41) is 0. The maximum Gasteiger partial charge on any atom is 0.417 e. The highest BCUT2D eigenvalue weighted by atomic mass is 16.6. The second-order valence-corrected chi connectivity index (χ2v) is 11.1. The van der Waals surface area contributed by atoms with Gasteiger partial charge in [0, 0.05) is 38.1 Å². The topological polar surface area (TPSA) is 79.4 Å². The van der Waals surface area contributed by atoms with E-state index < -0.39 is 29.1 Å². The van der Waals surface area contributed by atoms with Crippen molar-refractivity contribution in [2.75, 3.05) is 32.8 Å². The van der Waals surface area contributed by atoms with E-state index >= 15 is 0 Å². The molecule has 3 aliphatic heterocycles. The highest BCUT2D eigenvalue weighted by Gasteiger charge is 2.60. The third-order valence-electron chi connectivity index (χ3n) is 7.22. The number of cyclic esters (lactones) is 1. The zero-order valence-electron chi connectivity index (χ0n) is 21.1. The number of carbonyl (C=O) groups excluding carboxylic acids is 3. The minimum absolute atomic E-state index is 0.145. The predicted molar refractivity (Wildman–Crippen MR) is 133 cm³/mol. The summed E-state index contributed by atoms with van der Waals surface area (Å²) in [4.78, 5) is 44.7. The van der Waals surface area contributed by atoms with E-state index in [9.17, 15) is 14.4 Å². The van der Waals surface area contributed by atoms with E-state index in [0.29, 0.717) is 32.7 Å². The maximum absolute atomic E-state index is 14.0. The molecule has 0 saturated carbocycles. The van der Waals surface area contributed by atoms with Gasteiger partial charge in [-0.25, -0.2) is 14.5 Å². The Morgan fingerprint density at radius 1 is 1.00 bits per heavy atom. The molecule has 3 heterocycles. The third kappa shape index (κ3) is 4.69. The molecule has 2 aromatic rings. The first-order valence-corrected chi connectivity index (χ1v) is 12.4. The van der Waals surface area contributed by atoms with E-state index in [1.807, 2.05) is 69.3 Å². The van der Waals surface area contributed by atoms with Gasteiger partial charge in [-0.1, -0.05) is 60.7 Å². The summed E-state index contributed by atoms with van der Waals surface area (Å²) >= 11 is 0. The van der Waals surface area contributed by atoms with E-state index in [1.54, 1.807) is 4.90 Å². The van der Waals surface area contributed by atoms with Crippen molar-refractivity contribution in [3.8, 4) is 0 Å². The minimum atomic E-state index is -0.603. The number of likely N-dealkylation sites (tertiary alicyclic amines) is 2. The smallest absolute Gasteiger partial charge is 0.417 e. The summed E-state index contributed by atoms with van der Waals surface area (Å²) in [6.45, 7) is 8.38. The van der Waals surface area contributed by atoms with Gasteiger partial charge < -0.3 is 14.4 Å². The second kappa shape index (κ2) is 9.24. The number of rotatable bonds is 4. The molecule has 1 spiro atoms. The molecule has 3 aliphatic rings. The number of hydrogen-bond donors (Lipinski definition) is 0. The Morgan fingerprint density at radius 2 is 1.64 bits per heavy atom. The van der Waals surface area contributed by atoms with Gasteiger partial charge in [0.25, 0.3) is 0 Å². The molecule has 190 valence electrons. The van der Waals surface area contributed by atoms with Crippen LogP contribution in [-0.4, -0.2) is 71.2 Å². The lowest BCUT2D eigenvalue weighted by Crippen LogP contribution is -2.64. The molecule has 8 nitrogen and oxygen atoms in total. The molecule has 0 N–H and O–H groups in total. The molecular weight excluding hydrogens is 458 g/mol. The summed E-state index contributed by atoms with van der Waals surface area (Å²) in [6, 6.07) is 19.2. The lowest BCUT2D eigenvalue weighted by atomic mass is 9.71. The van der Waals surface area contributed by atoms with E-state index in [4.69, 9.17) is 9.47 Å². The van der Waals surface area contributed by atoms with Gasteiger partial charge in [0.05, 0.1) is 5.92 Å². The molecule has 3 amide bonds. The largest absolute Gasteiger partial charge is 0.446 e. The van der Waals surface area contributed by atoms with Gasteiger partial charge in [0.15, 0.2) is 0 Å². The highest BCUT2D eigenvalue weighted by molar-refractivity contribution is 5.96. The van der Waals surface area contributed by atoms with Gasteiger partial charge in [-0.15, -0.1) is 0 Å². The van der Waals surface area contributed by atoms with Gasteiger partial charge in [-0.3, -0.25) is 9.69 Å². The lowest BCUT2D eigenvalue weighted by molar-refractivity contribution is -0.141. The van der Waals surface area contributed by atoms with Crippen molar-refractivity contribution < 1.29 is 23.9 Å². The number of carbonyl (C=O) groups is 3. The molecule has 0 unspecified atom stereocenters. The number of nitrogens with zero attached hydrogens (tertiary/aromatic N) is 3. The van der Waals surface area contributed by atoms with Crippen LogP contribution in [0.3, 0.4) is 0 Å². The molecule has 8 heteroatoms. The zero-order valence-corrected chi connectivity index (χ0v) is 21.1. The van der Waals surface area contributed by atoms with E-state index in [2.05, 4.69) is 17.0 Å². The number of amides is 3. The Morgan fingerprint density at radius 3 is 2.28 bits per heavy atom. The van der Waals surface area contributed by atoms with Crippen LogP contribution in [0.5, 0.6) is 0 Å². The SMILES string of the molecule is CC(C)(C)OC(=O)N1CC2(CN(Cc3ccccc3)C[C@@H]2C(=O)N2C(=O)OC[C@H]2c2ccccc2)C1. The van der Waals surface area contributed by atoms with Gasteiger partial charge in [0.2, 0.25) is 5.91 Å². The molecule has 0 aromatic heterocycles. The molecule has 0 radical (unpaired) electrons. The van der Waals surface area contributed by atoms with Crippen LogP contribution in [0.15, 0.2) is 60.7 Å². The molecule has 3 fully saturated rings. The molecule has 0 bridgehead atoms. The Kier molecular flexibility index (Phi) is 6.24. The van der Waals surface area contributed by atoms with Crippen molar-refractivity contribution in [3.63, 3.8) is 0 Å². The van der Waals surface area contributed by atoms with Gasteiger partial charge in [-0.2, -0.15) is 0 Å². The van der Waals surface area contributed by atoms with Crippen LogP contribution in [0.4, 0.5) is 9.59 Å². The normalized spacial score (nSPS) is 23.5. The summed E-state index contributed by atoms with van der Waals surface area (Å²) in [6.07, 6.45) is -0.975. The first-order chi connectivity index (χ1) is 17.2. The third-order valence-corrected chi connectivity index (χ3v) is 7.22. The van der Waals surface area contributed by atoms with Crippen molar-refractivity contribution >= 4 is 18.1 Å². The predicted octanol–water partition coefficient (Wildman–Crippen LogP) is 4.08. The summed E-state index contributed by atoms with van der Waals surface area (Å²) in [5.41, 5.74) is 1.000. The Balaban J connectivity index is 1.38. The first kappa shape index (κ1) is 24.3. The number of benzene rings is 2. The first-order valence-electron chi connectivity index (χ1n) is 12.4. The standard InChI is InChI=1S/C28H33N3O5/c1-27(2,3)36-25(33)30-18-28(19-30)17-29(14-20-10-6-4-7-11-20)15-22(28)24(32)31-23(16-35-26(31)34)21-12-8-5-9-13-21/h4-13,22-23H,14-19H2,1-3H3/t22-,23+/m1/s1. The van der Waals surface area contributed by atoms with Crippen LogP contribution >= 0.6 is 0 Å². The number of hydrogen-bond acceptors (Lipinski definition) is 6. The number of ether oxygens (including phenoxy) is 2. The van der Waals surface area contributed by atoms with Crippen LogP contribution in [0.25, 0.3) is 0 Å². The highest BCUT2D eigenvalue weighted by Crippen LogP contribution is 2.47. The molecule has 3 saturated heterocycles. The molecule has 0 aliphatic carbocycles. The van der Waals surface area contributed by atoms with Gasteiger partial charge in [-0.05, 0) is 31.9 Å². The van der Waals surface area contributed by atoms with Gasteiger partial charge >= 0.3 is 12.2 Å². The summed E-state index contributed by atoms with van der Waals surface area (Å²) in [7, 11) is 0. The Labute approximate surface area is 211 Å². The van der Waals surface area contributed by atoms with E-state index in [0.717, 1.165) is 11.1 Å². The van der Waals surface area contributed by atoms with Crippen molar-refractivity contribution in [2.45, 2.75) is 39.0 Å². The fourth-order valence-electron chi connectivity index (χ4n) is 5.62. The van der Waals surface area contributed by atoms with Crippen LogP contribution < -0.4 is 0 Å². The molecule has 2 aromatic carbocycles. The molecular formula is C28H33N3O5. The van der Waals surface area contributed by atoms with Crippen molar-refractivity contribution in [2.24, 2.45) is 11.3 Å². The van der Waals surface area contributed by atoms with Crippen molar-refractivity contribution in [1.82, 2.24) is 14.7 Å². The van der Waals surface area contributed by atoms with Crippen molar-refractivity contribution in [1.29, 1.82) is 0 Å². The Hall–Kier alpha value is -3.39. The second-order valence-electron chi connectivity index (χ2n) is 11.1. The van der Waals surface area contributed by atoms with E-state index in [1.165, 1.54) is 4.90 Å².